The number of rotatable bonds is 3. The fourth-order valence-electron chi connectivity index (χ4n) is 1.56. The van der Waals surface area contributed by atoms with Crippen molar-refractivity contribution in [1.82, 2.24) is 4.98 Å². The lowest BCUT2D eigenvalue weighted by atomic mass is 10.2. The lowest BCUT2D eigenvalue weighted by Gasteiger charge is -1.95. The summed E-state index contributed by atoms with van der Waals surface area (Å²) in [7, 11) is 0. The number of aromatic nitrogens is 1. The molecule has 0 bridgehead atoms. The summed E-state index contributed by atoms with van der Waals surface area (Å²) >= 11 is 1.45. The monoisotopic (exact) mass is 249 g/mol. The predicted octanol–water partition coefficient (Wildman–Crippen LogP) is 3.39. The number of benzene rings is 1. The molecule has 4 heteroatoms. The molecule has 0 saturated carbocycles. The van der Waals surface area contributed by atoms with Gasteiger partial charge in [0.05, 0.1) is 5.69 Å². The molecule has 0 aliphatic heterocycles. The molecule has 2 nitrogen and oxygen atoms in total. The molecule has 2 rings (SSSR count). The van der Waals surface area contributed by atoms with E-state index in [9.17, 15) is 9.18 Å². The zero-order valence-corrected chi connectivity index (χ0v) is 10.5. The molecule has 0 atom stereocenters. The van der Waals surface area contributed by atoms with Crippen LogP contribution in [0.1, 0.15) is 17.5 Å². The molecule has 0 fully saturated rings. The molecule has 0 N–H and O–H groups in total. The van der Waals surface area contributed by atoms with Crippen molar-refractivity contribution in [2.75, 3.05) is 0 Å². The van der Waals surface area contributed by atoms with Crippen LogP contribution in [-0.2, 0) is 11.2 Å². The summed E-state index contributed by atoms with van der Waals surface area (Å²) in [5, 5.41) is 0.762. The van der Waals surface area contributed by atoms with E-state index in [1.54, 1.807) is 13.0 Å². The first-order valence-corrected chi connectivity index (χ1v) is 6.09. The molecule has 17 heavy (non-hydrogen) atoms. The largest absolute Gasteiger partial charge is 0.300 e. The van der Waals surface area contributed by atoms with E-state index in [1.165, 1.54) is 23.5 Å². The number of thiazole rings is 1. The minimum Gasteiger partial charge on any atom is -0.300 e. The van der Waals surface area contributed by atoms with Gasteiger partial charge in [0, 0.05) is 16.9 Å². The number of hydrogen-bond acceptors (Lipinski definition) is 3. The van der Waals surface area contributed by atoms with Gasteiger partial charge in [-0.25, -0.2) is 9.37 Å². The highest BCUT2D eigenvalue weighted by Crippen LogP contribution is 2.28. The highest BCUT2D eigenvalue weighted by atomic mass is 32.1. The van der Waals surface area contributed by atoms with Gasteiger partial charge in [-0.3, -0.25) is 4.79 Å². The molecule has 2 aromatic rings. The van der Waals surface area contributed by atoms with Crippen molar-refractivity contribution in [3.63, 3.8) is 0 Å². The molecule has 0 unspecified atom stereocenters. The average molecular weight is 249 g/mol. The van der Waals surface area contributed by atoms with Gasteiger partial charge in [-0.05, 0) is 26.0 Å². The van der Waals surface area contributed by atoms with Crippen LogP contribution in [0, 0.1) is 12.7 Å². The molecule has 0 spiro atoms. The van der Waals surface area contributed by atoms with Crippen molar-refractivity contribution in [2.45, 2.75) is 20.3 Å². The van der Waals surface area contributed by atoms with Crippen LogP contribution < -0.4 is 0 Å². The van der Waals surface area contributed by atoms with E-state index in [1.807, 2.05) is 13.0 Å². The smallest absolute Gasteiger partial charge is 0.135 e. The van der Waals surface area contributed by atoms with Crippen LogP contribution >= 0.6 is 11.3 Å². The number of carbonyl (C=O) groups is 1. The quantitative estimate of drug-likeness (QED) is 0.834. The Kier molecular flexibility index (Phi) is 3.33. The average Bonchev–Trinajstić information content (AvgIpc) is 2.59. The zero-order chi connectivity index (χ0) is 12.4. The highest BCUT2D eigenvalue weighted by Gasteiger charge is 2.11. The maximum absolute atomic E-state index is 13.1. The summed E-state index contributed by atoms with van der Waals surface area (Å²) in [6, 6.07) is 6.33. The van der Waals surface area contributed by atoms with E-state index in [0.29, 0.717) is 6.42 Å². The van der Waals surface area contributed by atoms with Gasteiger partial charge < -0.3 is 0 Å². The Balaban J connectivity index is 2.37. The second-order valence-electron chi connectivity index (χ2n) is 3.92. The normalized spacial score (nSPS) is 10.5. The summed E-state index contributed by atoms with van der Waals surface area (Å²) in [5.74, 6) is -0.161. The molecule has 0 aliphatic carbocycles. The summed E-state index contributed by atoms with van der Waals surface area (Å²) < 4.78 is 13.1. The second-order valence-corrected chi connectivity index (χ2v) is 5.00. The molecule has 0 saturated heterocycles. The Morgan fingerprint density at radius 3 is 2.88 bits per heavy atom. The van der Waals surface area contributed by atoms with Crippen LogP contribution in [0.3, 0.4) is 0 Å². The Bertz CT molecular complexity index is 562. The molecule has 0 radical (unpaired) electrons. The molecule has 1 aromatic carbocycles. The second kappa shape index (κ2) is 4.75. The minimum absolute atomic E-state index is 0.113. The number of hydrogen-bond donors (Lipinski definition) is 0. The van der Waals surface area contributed by atoms with Crippen molar-refractivity contribution >= 4 is 17.1 Å². The third kappa shape index (κ3) is 2.77. The Morgan fingerprint density at radius 1 is 1.47 bits per heavy atom. The molecule has 1 aromatic heterocycles. The number of nitrogens with zero attached hydrogens (tertiary/aromatic N) is 1. The SMILES string of the molecule is CC(=O)Cc1sc(-c2cccc(F)c2)nc1C. The molecular weight excluding hydrogens is 237 g/mol. The van der Waals surface area contributed by atoms with Crippen molar-refractivity contribution in [2.24, 2.45) is 0 Å². The van der Waals surface area contributed by atoms with E-state index < -0.39 is 0 Å². The maximum Gasteiger partial charge on any atom is 0.135 e. The van der Waals surface area contributed by atoms with E-state index in [-0.39, 0.29) is 11.6 Å². The number of ketones is 1. The van der Waals surface area contributed by atoms with Gasteiger partial charge in [-0.1, -0.05) is 12.1 Å². The number of carbonyl (C=O) groups excluding carboxylic acids is 1. The predicted molar refractivity (Wildman–Crippen MR) is 66.6 cm³/mol. The molecule has 0 amide bonds. The van der Waals surface area contributed by atoms with Gasteiger partial charge in [-0.2, -0.15) is 0 Å². The van der Waals surface area contributed by atoms with E-state index in [4.69, 9.17) is 0 Å². The Labute approximate surface area is 103 Å². The van der Waals surface area contributed by atoms with Gasteiger partial charge in [0.25, 0.3) is 0 Å². The summed E-state index contributed by atoms with van der Waals surface area (Å²) in [6.07, 6.45) is 0.402. The summed E-state index contributed by atoms with van der Waals surface area (Å²) in [4.78, 5) is 16.4. The zero-order valence-electron chi connectivity index (χ0n) is 9.66. The molecule has 0 aliphatic rings. The molecular formula is C13H12FNOS. The fraction of sp³-hybridized carbons (Fsp3) is 0.231. The van der Waals surface area contributed by atoms with E-state index >= 15 is 0 Å². The summed E-state index contributed by atoms with van der Waals surface area (Å²) in [6.45, 7) is 3.43. The highest BCUT2D eigenvalue weighted by molar-refractivity contribution is 7.15. The Morgan fingerprint density at radius 2 is 2.24 bits per heavy atom. The van der Waals surface area contributed by atoms with E-state index in [0.717, 1.165) is 21.1 Å². The third-order valence-electron chi connectivity index (χ3n) is 2.37. The van der Waals surface area contributed by atoms with Crippen LogP contribution in [0.15, 0.2) is 24.3 Å². The van der Waals surface area contributed by atoms with E-state index in [2.05, 4.69) is 4.98 Å². The van der Waals surface area contributed by atoms with Crippen LogP contribution in [0.5, 0.6) is 0 Å². The van der Waals surface area contributed by atoms with Crippen LogP contribution in [-0.4, -0.2) is 10.8 Å². The topological polar surface area (TPSA) is 30.0 Å². The summed E-state index contributed by atoms with van der Waals surface area (Å²) in [5.41, 5.74) is 1.61. The van der Waals surface area contributed by atoms with Crippen LogP contribution in [0.4, 0.5) is 4.39 Å². The standard InChI is InChI=1S/C13H12FNOS/c1-8(16)6-12-9(2)15-13(17-12)10-4-3-5-11(14)7-10/h3-5,7H,6H2,1-2H3. The van der Waals surface area contributed by atoms with Crippen LogP contribution in [0.25, 0.3) is 10.6 Å². The van der Waals surface area contributed by atoms with Crippen molar-refractivity contribution in [3.05, 3.63) is 40.7 Å². The van der Waals surface area contributed by atoms with Crippen molar-refractivity contribution in [3.8, 4) is 10.6 Å². The van der Waals surface area contributed by atoms with Gasteiger partial charge in [0.2, 0.25) is 0 Å². The van der Waals surface area contributed by atoms with Gasteiger partial charge in [0.15, 0.2) is 0 Å². The number of halogens is 1. The Hall–Kier alpha value is -1.55. The van der Waals surface area contributed by atoms with Crippen molar-refractivity contribution < 1.29 is 9.18 Å². The van der Waals surface area contributed by atoms with Crippen molar-refractivity contribution in [1.29, 1.82) is 0 Å². The first-order chi connectivity index (χ1) is 8.06. The fourth-order valence-corrected chi connectivity index (χ4v) is 2.69. The maximum atomic E-state index is 13.1. The number of Topliss-reactive ketones (excluding diaryl/α,β-unsaturated/α-hetero) is 1. The van der Waals surface area contributed by atoms with Crippen LogP contribution in [0.2, 0.25) is 0 Å². The third-order valence-corrected chi connectivity index (χ3v) is 3.58. The molecule has 1 heterocycles. The van der Waals surface area contributed by atoms with Gasteiger partial charge in [0.1, 0.15) is 16.6 Å². The lowest BCUT2D eigenvalue weighted by Crippen LogP contribution is -1.94. The first-order valence-electron chi connectivity index (χ1n) is 5.28. The lowest BCUT2D eigenvalue weighted by molar-refractivity contribution is -0.116. The van der Waals surface area contributed by atoms with Gasteiger partial charge >= 0.3 is 0 Å². The van der Waals surface area contributed by atoms with Gasteiger partial charge in [-0.15, -0.1) is 11.3 Å². The molecule has 88 valence electrons. The first kappa shape index (κ1) is 11.9. The minimum atomic E-state index is -0.275. The number of aryl methyl sites for hydroxylation is 1.